The quantitative estimate of drug-likeness (QED) is 0.690. The Labute approximate surface area is 116 Å². The van der Waals surface area contributed by atoms with E-state index in [1.54, 1.807) is 6.07 Å². The molecule has 0 saturated heterocycles. The smallest absolute Gasteiger partial charge is 0.340 e. The van der Waals surface area contributed by atoms with Crippen LogP contribution >= 0.6 is 0 Å². The first kappa shape index (κ1) is 12.5. The molecule has 0 spiro atoms. The fourth-order valence-electron chi connectivity index (χ4n) is 2.78. The van der Waals surface area contributed by atoms with Gasteiger partial charge in [0, 0.05) is 28.9 Å². The summed E-state index contributed by atoms with van der Waals surface area (Å²) in [5.41, 5.74) is 2.25. The Morgan fingerprint density at radius 3 is 2.50 bits per heavy atom. The number of phenolic OH excluding ortho intramolecular Hbond substituents is 1. The van der Waals surface area contributed by atoms with Crippen molar-refractivity contribution in [1.29, 1.82) is 0 Å². The molecule has 102 valence electrons. The van der Waals surface area contributed by atoms with Crippen LogP contribution in [0.5, 0.6) is 5.75 Å². The van der Waals surface area contributed by atoms with E-state index < -0.39 is 0 Å². The summed E-state index contributed by atoms with van der Waals surface area (Å²) in [7, 11) is 3.27. The van der Waals surface area contributed by atoms with Gasteiger partial charge in [0.05, 0.1) is 18.2 Å². The average molecular weight is 269 g/mol. The number of aromatic nitrogens is 1. The van der Waals surface area contributed by atoms with Crippen molar-refractivity contribution in [1.82, 2.24) is 4.57 Å². The van der Waals surface area contributed by atoms with Gasteiger partial charge in [-0.25, -0.2) is 4.79 Å². The van der Waals surface area contributed by atoms with Crippen LogP contribution in [-0.4, -0.2) is 22.8 Å². The third kappa shape index (κ3) is 1.51. The average Bonchev–Trinajstić information content (AvgIpc) is 2.70. The number of benzene rings is 2. The Morgan fingerprint density at radius 2 is 1.85 bits per heavy atom. The summed E-state index contributed by atoms with van der Waals surface area (Å²) in [4.78, 5) is 12.0. The van der Waals surface area contributed by atoms with Crippen molar-refractivity contribution in [2.24, 2.45) is 7.05 Å². The number of hydrogen-bond acceptors (Lipinski definition) is 3. The van der Waals surface area contributed by atoms with Gasteiger partial charge in [0.15, 0.2) is 0 Å². The SMILES string of the molecule is COC(=O)c1c(C)n(C)c2c1cc(O)c1ccccc12. The highest BCUT2D eigenvalue weighted by molar-refractivity contribution is 6.16. The summed E-state index contributed by atoms with van der Waals surface area (Å²) >= 11 is 0. The monoisotopic (exact) mass is 269 g/mol. The first-order chi connectivity index (χ1) is 9.56. The number of rotatable bonds is 1. The zero-order valence-corrected chi connectivity index (χ0v) is 11.6. The van der Waals surface area contributed by atoms with E-state index in [1.165, 1.54) is 7.11 Å². The minimum Gasteiger partial charge on any atom is -0.507 e. The van der Waals surface area contributed by atoms with E-state index in [-0.39, 0.29) is 11.7 Å². The maximum absolute atomic E-state index is 12.0. The number of phenols is 1. The molecule has 0 aliphatic carbocycles. The molecular weight excluding hydrogens is 254 g/mol. The predicted molar refractivity (Wildman–Crippen MR) is 78.2 cm³/mol. The fraction of sp³-hybridized carbons (Fsp3) is 0.188. The minimum atomic E-state index is -0.386. The molecule has 0 amide bonds. The van der Waals surface area contributed by atoms with Crippen LogP contribution in [0.2, 0.25) is 0 Å². The number of methoxy groups -OCH3 is 1. The predicted octanol–water partition coefficient (Wildman–Crippen LogP) is 3.13. The molecule has 2 aromatic carbocycles. The van der Waals surface area contributed by atoms with E-state index in [1.807, 2.05) is 42.8 Å². The van der Waals surface area contributed by atoms with Gasteiger partial charge in [-0.3, -0.25) is 0 Å². The summed E-state index contributed by atoms with van der Waals surface area (Å²) in [6, 6.07) is 9.24. The standard InChI is InChI=1S/C16H15NO3/c1-9-14(16(19)20-3)12-8-13(18)10-6-4-5-7-11(10)15(12)17(9)2/h4-8,18H,1-3H3. The molecule has 4 nitrogen and oxygen atoms in total. The Morgan fingerprint density at radius 1 is 1.20 bits per heavy atom. The van der Waals surface area contributed by atoms with Crippen LogP contribution in [0.4, 0.5) is 0 Å². The lowest BCUT2D eigenvalue weighted by Crippen LogP contribution is -2.03. The molecule has 0 aliphatic rings. The number of hydrogen-bond donors (Lipinski definition) is 1. The largest absolute Gasteiger partial charge is 0.507 e. The Balaban J connectivity index is 2.58. The maximum atomic E-state index is 12.0. The third-order valence-electron chi connectivity index (χ3n) is 3.85. The van der Waals surface area contributed by atoms with Gasteiger partial charge >= 0.3 is 5.97 Å². The molecule has 1 N–H and O–H groups in total. The van der Waals surface area contributed by atoms with Gasteiger partial charge < -0.3 is 14.4 Å². The van der Waals surface area contributed by atoms with Crippen LogP contribution in [0.1, 0.15) is 16.1 Å². The van der Waals surface area contributed by atoms with E-state index in [4.69, 9.17) is 4.74 Å². The van der Waals surface area contributed by atoms with Gasteiger partial charge in [0.1, 0.15) is 5.75 Å². The lowest BCUT2D eigenvalue weighted by molar-refractivity contribution is 0.0602. The number of nitrogens with zero attached hydrogens (tertiary/aromatic N) is 1. The Kier molecular flexibility index (Phi) is 2.67. The first-order valence-electron chi connectivity index (χ1n) is 6.34. The van der Waals surface area contributed by atoms with Gasteiger partial charge in [-0.2, -0.15) is 0 Å². The normalized spacial score (nSPS) is 11.2. The van der Waals surface area contributed by atoms with Crippen LogP contribution in [0.25, 0.3) is 21.7 Å². The highest BCUT2D eigenvalue weighted by atomic mass is 16.5. The maximum Gasteiger partial charge on any atom is 0.340 e. The van der Waals surface area contributed by atoms with Crippen LogP contribution in [0.15, 0.2) is 30.3 Å². The molecular formula is C16H15NO3. The molecule has 3 rings (SSSR count). The van der Waals surface area contributed by atoms with Gasteiger partial charge in [-0.15, -0.1) is 0 Å². The molecule has 0 saturated carbocycles. The molecule has 0 radical (unpaired) electrons. The molecule has 4 heteroatoms. The molecule has 0 aliphatic heterocycles. The molecule has 1 heterocycles. The summed E-state index contributed by atoms with van der Waals surface area (Å²) in [6.45, 7) is 1.87. The number of aryl methyl sites for hydroxylation is 1. The molecule has 0 bridgehead atoms. The Hall–Kier alpha value is -2.49. The highest BCUT2D eigenvalue weighted by Crippen LogP contribution is 2.36. The third-order valence-corrected chi connectivity index (χ3v) is 3.85. The van der Waals surface area contributed by atoms with Crippen molar-refractivity contribution in [3.63, 3.8) is 0 Å². The number of carbonyl (C=O) groups is 1. The highest BCUT2D eigenvalue weighted by Gasteiger charge is 2.21. The molecule has 1 aromatic heterocycles. The van der Waals surface area contributed by atoms with E-state index in [2.05, 4.69) is 0 Å². The van der Waals surface area contributed by atoms with Crippen molar-refractivity contribution < 1.29 is 14.6 Å². The van der Waals surface area contributed by atoms with Crippen molar-refractivity contribution in [2.75, 3.05) is 7.11 Å². The molecule has 0 fully saturated rings. The zero-order valence-electron chi connectivity index (χ0n) is 11.6. The van der Waals surface area contributed by atoms with Crippen molar-refractivity contribution in [3.8, 4) is 5.75 Å². The zero-order chi connectivity index (χ0) is 14.4. The summed E-state index contributed by atoms with van der Waals surface area (Å²) < 4.78 is 6.82. The molecule has 0 atom stereocenters. The molecule has 3 aromatic rings. The lowest BCUT2D eigenvalue weighted by atomic mass is 10.0. The van der Waals surface area contributed by atoms with Gasteiger partial charge in [0.25, 0.3) is 0 Å². The van der Waals surface area contributed by atoms with Gasteiger partial charge in [-0.1, -0.05) is 24.3 Å². The van der Waals surface area contributed by atoms with Crippen molar-refractivity contribution >= 4 is 27.6 Å². The first-order valence-corrected chi connectivity index (χ1v) is 6.34. The van der Waals surface area contributed by atoms with E-state index >= 15 is 0 Å². The van der Waals surface area contributed by atoms with E-state index in [9.17, 15) is 9.90 Å². The summed E-state index contributed by atoms with van der Waals surface area (Å²) in [6.07, 6.45) is 0. The minimum absolute atomic E-state index is 0.170. The van der Waals surface area contributed by atoms with Crippen LogP contribution in [0.3, 0.4) is 0 Å². The second-order valence-corrected chi connectivity index (χ2v) is 4.85. The van der Waals surface area contributed by atoms with Crippen molar-refractivity contribution in [3.05, 3.63) is 41.6 Å². The number of aromatic hydroxyl groups is 1. The topological polar surface area (TPSA) is 51.5 Å². The number of esters is 1. The summed E-state index contributed by atoms with van der Waals surface area (Å²) in [5, 5.41) is 12.6. The second-order valence-electron chi connectivity index (χ2n) is 4.85. The molecule has 0 unspecified atom stereocenters. The van der Waals surface area contributed by atoms with Gasteiger partial charge in [0.2, 0.25) is 0 Å². The summed E-state index contributed by atoms with van der Waals surface area (Å²) in [5.74, 6) is -0.216. The molecule has 20 heavy (non-hydrogen) atoms. The van der Waals surface area contributed by atoms with Crippen molar-refractivity contribution in [2.45, 2.75) is 6.92 Å². The number of carbonyl (C=O) groups excluding carboxylic acids is 1. The second kappa shape index (κ2) is 4.27. The fourth-order valence-corrected chi connectivity index (χ4v) is 2.78. The van der Waals surface area contributed by atoms with Crippen LogP contribution < -0.4 is 0 Å². The van der Waals surface area contributed by atoms with E-state index in [0.717, 1.165) is 22.0 Å². The van der Waals surface area contributed by atoms with Crippen LogP contribution in [0, 0.1) is 6.92 Å². The lowest BCUT2D eigenvalue weighted by Gasteiger charge is -2.05. The number of ether oxygens (including phenoxy) is 1. The van der Waals surface area contributed by atoms with E-state index in [0.29, 0.717) is 10.9 Å². The van der Waals surface area contributed by atoms with Gasteiger partial charge in [-0.05, 0) is 13.0 Å². The van der Waals surface area contributed by atoms with Crippen LogP contribution in [-0.2, 0) is 11.8 Å². The number of fused-ring (bicyclic) bond motifs is 3. The Bertz CT molecular complexity index is 846.